The first-order valence-electron chi connectivity index (χ1n) is 7.26. The number of nitro groups is 1. The Balaban J connectivity index is 1.90. The number of rotatable bonds is 7. The van der Waals surface area contributed by atoms with E-state index in [1.165, 1.54) is 17.8 Å². The highest BCUT2D eigenvalue weighted by molar-refractivity contribution is 7.16. The summed E-state index contributed by atoms with van der Waals surface area (Å²) in [5.41, 5.74) is 4.15. The number of hydrogen-bond acceptors (Lipinski definition) is 5. The smallest absolute Gasteiger partial charge is 0.267 e. The second kappa shape index (κ2) is 8.19. The van der Waals surface area contributed by atoms with Gasteiger partial charge in [0.2, 0.25) is 0 Å². The van der Waals surface area contributed by atoms with E-state index in [0.717, 1.165) is 30.6 Å². The molecule has 2 rings (SSSR count). The van der Waals surface area contributed by atoms with Crippen molar-refractivity contribution in [1.82, 2.24) is 5.43 Å². The zero-order valence-corrected chi connectivity index (χ0v) is 13.5. The van der Waals surface area contributed by atoms with E-state index in [4.69, 9.17) is 0 Å². The number of nitrogens with one attached hydrogen (secondary N) is 1. The van der Waals surface area contributed by atoms with Gasteiger partial charge in [-0.1, -0.05) is 36.8 Å². The standard InChI is InChI=1S/C16H17N3O3S/c1-2-3-4-12-5-7-13(8-6-12)16(20)18-17-11-14-9-10-15(23-14)19(21)22/h5-11H,2-4H2,1H3,(H,18,20)/b17-11+. The van der Waals surface area contributed by atoms with Gasteiger partial charge in [0.15, 0.2) is 0 Å². The Morgan fingerprint density at radius 3 is 2.65 bits per heavy atom. The van der Waals surface area contributed by atoms with Crippen LogP contribution in [-0.2, 0) is 6.42 Å². The zero-order valence-electron chi connectivity index (χ0n) is 12.7. The van der Waals surface area contributed by atoms with Crippen LogP contribution in [0.15, 0.2) is 41.5 Å². The molecule has 6 nitrogen and oxygen atoms in total. The minimum absolute atomic E-state index is 0.0421. The van der Waals surface area contributed by atoms with Crippen LogP contribution in [0.2, 0.25) is 0 Å². The van der Waals surface area contributed by atoms with E-state index >= 15 is 0 Å². The number of thiophene rings is 1. The van der Waals surface area contributed by atoms with E-state index < -0.39 is 4.92 Å². The molecule has 120 valence electrons. The number of benzene rings is 1. The predicted octanol–water partition coefficient (Wildman–Crippen LogP) is 3.76. The van der Waals surface area contributed by atoms with Gasteiger partial charge in [-0.25, -0.2) is 5.43 Å². The third-order valence-corrected chi connectivity index (χ3v) is 4.16. The number of hydrogen-bond donors (Lipinski definition) is 1. The van der Waals surface area contributed by atoms with Gasteiger partial charge in [-0.3, -0.25) is 14.9 Å². The van der Waals surface area contributed by atoms with Crippen molar-refractivity contribution >= 4 is 28.5 Å². The van der Waals surface area contributed by atoms with Crippen molar-refractivity contribution in [3.8, 4) is 0 Å². The Hall–Kier alpha value is -2.54. The number of unbranched alkanes of at least 4 members (excludes halogenated alkanes) is 1. The van der Waals surface area contributed by atoms with Crippen molar-refractivity contribution in [3.05, 3.63) is 62.5 Å². The van der Waals surface area contributed by atoms with E-state index in [1.54, 1.807) is 18.2 Å². The highest BCUT2D eigenvalue weighted by Crippen LogP contribution is 2.22. The van der Waals surface area contributed by atoms with Crippen LogP contribution >= 0.6 is 11.3 Å². The van der Waals surface area contributed by atoms with Crippen LogP contribution in [0, 0.1) is 10.1 Å². The fourth-order valence-corrected chi connectivity index (χ4v) is 2.63. The lowest BCUT2D eigenvalue weighted by atomic mass is 10.1. The molecule has 1 N–H and O–H groups in total. The molecule has 0 aliphatic rings. The average molecular weight is 331 g/mol. The van der Waals surface area contributed by atoms with Crippen LogP contribution < -0.4 is 5.43 Å². The van der Waals surface area contributed by atoms with Crippen LogP contribution in [0.5, 0.6) is 0 Å². The molecule has 0 spiro atoms. The van der Waals surface area contributed by atoms with Gasteiger partial charge in [-0.2, -0.15) is 5.10 Å². The lowest BCUT2D eigenvalue weighted by molar-refractivity contribution is -0.380. The SMILES string of the molecule is CCCCc1ccc(C(=O)N/N=C/c2ccc([N+](=O)[O-])s2)cc1. The highest BCUT2D eigenvalue weighted by atomic mass is 32.1. The van der Waals surface area contributed by atoms with Crippen molar-refractivity contribution in [2.24, 2.45) is 5.10 Å². The molecule has 0 aliphatic heterocycles. The molecule has 0 aliphatic carbocycles. The fraction of sp³-hybridized carbons (Fsp3) is 0.250. The van der Waals surface area contributed by atoms with Gasteiger partial charge in [0.1, 0.15) is 0 Å². The van der Waals surface area contributed by atoms with Gasteiger partial charge in [0, 0.05) is 11.6 Å². The topological polar surface area (TPSA) is 84.6 Å². The zero-order chi connectivity index (χ0) is 16.7. The second-order valence-electron chi connectivity index (χ2n) is 4.93. The Kier molecular flexibility index (Phi) is 5.99. The van der Waals surface area contributed by atoms with Crippen molar-refractivity contribution in [2.45, 2.75) is 26.2 Å². The first-order valence-corrected chi connectivity index (χ1v) is 8.08. The summed E-state index contributed by atoms with van der Waals surface area (Å²) in [5.74, 6) is -0.311. The molecule has 1 amide bonds. The Labute approximate surface area is 138 Å². The van der Waals surface area contributed by atoms with Gasteiger partial charge < -0.3 is 0 Å². The average Bonchev–Trinajstić information content (AvgIpc) is 3.02. The summed E-state index contributed by atoms with van der Waals surface area (Å²) < 4.78 is 0. The molecule has 0 saturated heterocycles. The summed E-state index contributed by atoms with van der Waals surface area (Å²) in [6, 6.07) is 10.4. The molecule has 0 fully saturated rings. The van der Waals surface area contributed by atoms with Gasteiger partial charge in [-0.05, 0) is 36.6 Å². The van der Waals surface area contributed by atoms with Gasteiger partial charge in [0.25, 0.3) is 5.91 Å². The molecule has 2 aromatic rings. The van der Waals surface area contributed by atoms with E-state index in [-0.39, 0.29) is 10.9 Å². The summed E-state index contributed by atoms with van der Waals surface area (Å²) in [6.07, 6.45) is 4.67. The molecule has 0 unspecified atom stereocenters. The maximum absolute atomic E-state index is 11.9. The van der Waals surface area contributed by atoms with E-state index in [0.29, 0.717) is 10.4 Å². The molecular formula is C16H17N3O3S. The van der Waals surface area contributed by atoms with Gasteiger partial charge in [-0.15, -0.1) is 0 Å². The molecule has 0 bridgehead atoms. The Morgan fingerprint density at radius 1 is 1.30 bits per heavy atom. The molecule has 1 aromatic carbocycles. The number of nitrogens with zero attached hydrogens (tertiary/aromatic N) is 2. The number of carbonyl (C=O) groups is 1. The first kappa shape index (κ1) is 16.8. The van der Waals surface area contributed by atoms with Crippen LogP contribution in [-0.4, -0.2) is 17.0 Å². The summed E-state index contributed by atoms with van der Waals surface area (Å²) in [7, 11) is 0. The summed E-state index contributed by atoms with van der Waals surface area (Å²) in [5, 5.41) is 14.4. The predicted molar refractivity (Wildman–Crippen MR) is 91.1 cm³/mol. The molecular weight excluding hydrogens is 314 g/mol. The lowest BCUT2D eigenvalue weighted by Gasteiger charge is -2.02. The molecule has 1 aromatic heterocycles. The summed E-state index contributed by atoms with van der Waals surface area (Å²) in [6.45, 7) is 2.14. The Bertz CT molecular complexity index is 708. The number of hydrazone groups is 1. The number of aryl methyl sites for hydroxylation is 1. The Morgan fingerprint density at radius 2 is 2.04 bits per heavy atom. The lowest BCUT2D eigenvalue weighted by Crippen LogP contribution is -2.17. The molecule has 0 radical (unpaired) electrons. The van der Waals surface area contributed by atoms with E-state index in [9.17, 15) is 14.9 Å². The molecule has 0 atom stereocenters. The van der Waals surface area contributed by atoms with E-state index in [2.05, 4.69) is 17.5 Å². The van der Waals surface area contributed by atoms with Crippen molar-refractivity contribution in [3.63, 3.8) is 0 Å². The third kappa shape index (κ3) is 5.00. The quantitative estimate of drug-likeness (QED) is 0.476. The van der Waals surface area contributed by atoms with Crippen LogP contribution in [0.4, 0.5) is 5.00 Å². The fourth-order valence-electron chi connectivity index (χ4n) is 1.93. The normalized spacial score (nSPS) is 10.8. The third-order valence-electron chi connectivity index (χ3n) is 3.19. The van der Waals surface area contributed by atoms with E-state index in [1.807, 2.05) is 12.1 Å². The molecule has 1 heterocycles. The maximum Gasteiger partial charge on any atom is 0.324 e. The first-order chi connectivity index (χ1) is 11.1. The maximum atomic E-state index is 11.9. The molecule has 7 heteroatoms. The van der Waals surface area contributed by atoms with Crippen molar-refractivity contribution in [2.75, 3.05) is 0 Å². The summed E-state index contributed by atoms with van der Waals surface area (Å²) >= 11 is 0.998. The van der Waals surface area contributed by atoms with Crippen LogP contribution in [0.3, 0.4) is 0 Å². The summed E-state index contributed by atoms with van der Waals surface area (Å²) in [4.78, 5) is 22.7. The minimum Gasteiger partial charge on any atom is -0.267 e. The van der Waals surface area contributed by atoms with Gasteiger partial charge >= 0.3 is 5.00 Å². The van der Waals surface area contributed by atoms with Gasteiger partial charge in [0.05, 0.1) is 16.0 Å². The van der Waals surface area contributed by atoms with Crippen molar-refractivity contribution < 1.29 is 9.72 Å². The van der Waals surface area contributed by atoms with Crippen molar-refractivity contribution in [1.29, 1.82) is 0 Å². The van der Waals surface area contributed by atoms with Crippen LogP contribution in [0.25, 0.3) is 0 Å². The molecule has 0 saturated carbocycles. The minimum atomic E-state index is -0.458. The van der Waals surface area contributed by atoms with Crippen LogP contribution in [0.1, 0.15) is 40.6 Å². The monoisotopic (exact) mass is 331 g/mol. The second-order valence-corrected chi connectivity index (χ2v) is 6.03. The number of amides is 1. The number of carbonyl (C=O) groups excluding carboxylic acids is 1. The molecule has 23 heavy (non-hydrogen) atoms. The largest absolute Gasteiger partial charge is 0.324 e. The highest BCUT2D eigenvalue weighted by Gasteiger charge is 2.08.